The molecule has 0 heterocycles. The summed E-state index contributed by atoms with van der Waals surface area (Å²) in [5.74, 6) is 1.39. The SMILES string of the molecule is COCCCCS(=O)(=O)NC1CCC(C)CC1C. The summed E-state index contributed by atoms with van der Waals surface area (Å²) in [6.45, 7) is 5.02. The Balaban J connectivity index is 2.35. The summed E-state index contributed by atoms with van der Waals surface area (Å²) >= 11 is 0. The Hall–Kier alpha value is -0.130. The Kier molecular flexibility index (Phi) is 6.60. The van der Waals surface area contributed by atoms with E-state index in [1.807, 2.05) is 0 Å². The van der Waals surface area contributed by atoms with Crippen LogP contribution in [0.4, 0.5) is 0 Å². The topological polar surface area (TPSA) is 55.4 Å². The zero-order valence-corrected chi connectivity index (χ0v) is 12.6. The molecule has 0 amide bonds. The van der Waals surface area contributed by atoms with Crippen molar-refractivity contribution in [3.63, 3.8) is 0 Å². The van der Waals surface area contributed by atoms with E-state index in [0.29, 0.717) is 18.9 Å². The van der Waals surface area contributed by atoms with Gasteiger partial charge in [-0.2, -0.15) is 0 Å². The number of ether oxygens (including phenoxy) is 1. The molecule has 4 nitrogen and oxygen atoms in total. The van der Waals surface area contributed by atoms with Crippen LogP contribution in [0.2, 0.25) is 0 Å². The Morgan fingerprint density at radius 2 is 1.94 bits per heavy atom. The van der Waals surface area contributed by atoms with Crippen LogP contribution in [0.25, 0.3) is 0 Å². The largest absolute Gasteiger partial charge is 0.385 e. The first-order chi connectivity index (χ1) is 8.44. The molecule has 1 aliphatic rings. The average molecular weight is 277 g/mol. The van der Waals surface area contributed by atoms with E-state index in [2.05, 4.69) is 18.6 Å². The molecule has 0 radical (unpaired) electrons. The van der Waals surface area contributed by atoms with Crippen LogP contribution in [0, 0.1) is 11.8 Å². The van der Waals surface area contributed by atoms with Gasteiger partial charge < -0.3 is 4.74 Å². The predicted octanol–water partition coefficient (Wildman–Crippen LogP) is 2.16. The Morgan fingerprint density at radius 3 is 2.56 bits per heavy atom. The maximum Gasteiger partial charge on any atom is 0.211 e. The first-order valence-corrected chi connectivity index (χ1v) is 8.59. The van der Waals surface area contributed by atoms with Gasteiger partial charge in [-0.15, -0.1) is 0 Å². The fourth-order valence-corrected chi connectivity index (χ4v) is 4.18. The van der Waals surface area contributed by atoms with E-state index in [4.69, 9.17) is 4.74 Å². The summed E-state index contributed by atoms with van der Waals surface area (Å²) in [6, 6.07) is 0.133. The van der Waals surface area contributed by atoms with E-state index in [0.717, 1.165) is 31.6 Å². The second-order valence-electron chi connectivity index (χ2n) is 5.64. The average Bonchev–Trinajstić information content (AvgIpc) is 2.28. The minimum atomic E-state index is -3.12. The monoisotopic (exact) mass is 277 g/mol. The van der Waals surface area contributed by atoms with Crippen LogP contribution in [-0.2, 0) is 14.8 Å². The first kappa shape index (κ1) is 15.9. The van der Waals surface area contributed by atoms with Crippen molar-refractivity contribution in [3.8, 4) is 0 Å². The van der Waals surface area contributed by atoms with Gasteiger partial charge in [-0.25, -0.2) is 13.1 Å². The molecule has 5 heteroatoms. The molecular formula is C13H27NO3S. The molecule has 108 valence electrons. The molecule has 0 aromatic heterocycles. The highest BCUT2D eigenvalue weighted by Crippen LogP contribution is 2.28. The third-order valence-corrected chi connectivity index (χ3v) is 5.26. The molecule has 0 aromatic carbocycles. The summed E-state index contributed by atoms with van der Waals surface area (Å²) < 4.78 is 31.7. The highest BCUT2D eigenvalue weighted by molar-refractivity contribution is 7.89. The van der Waals surface area contributed by atoms with E-state index in [1.165, 1.54) is 0 Å². The molecule has 0 aliphatic heterocycles. The summed E-state index contributed by atoms with van der Waals surface area (Å²) in [5.41, 5.74) is 0. The lowest BCUT2D eigenvalue weighted by molar-refractivity contribution is 0.194. The number of unbranched alkanes of at least 4 members (excludes halogenated alkanes) is 1. The molecular weight excluding hydrogens is 250 g/mol. The molecule has 1 aliphatic carbocycles. The lowest BCUT2D eigenvalue weighted by atomic mass is 9.80. The molecule has 3 unspecified atom stereocenters. The van der Waals surface area contributed by atoms with Gasteiger partial charge in [0.05, 0.1) is 5.75 Å². The molecule has 1 rings (SSSR count). The van der Waals surface area contributed by atoms with Crippen LogP contribution in [-0.4, -0.2) is 33.9 Å². The zero-order valence-electron chi connectivity index (χ0n) is 11.8. The Labute approximate surface area is 112 Å². The maximum atomic E-state index is 11.9. The smallest absolute Gasteiger partial charge is 0.211 e. The van der Waals surface area contributed by atoms with Crippen molar-refractivity contribution in [2.75, 3.05) is 19.5 Å². The lowest BCUT2D eigenvalue weighted by Crippen LogP contribution is -2.43. The van der Waals surface area contributed by atoms with Gasteiger partial charge in [0, 0.05) is 19.8 Å². The third-order valence-electron chi connectivity index (χ3n) is 3.77. The van der Waals surface area contributed by atoms with Crippen LogP contribution in [0.15, 0.2) is 0 Å². The van der Waals surface area contributed by atoms with Gasteiger partial charge in [0.1, 0.15) is 0 Å². The van der Waals surface area contributed by atoms with Crippen molar-refractivity contribution in [2.45, 2.75) is 52.0 Å². The van der Waals surface area contributed by atoms with Crippen LogP contribution >= 0.6 is 0 Å². The second-order valence-corrected chi connectivity index (χ2v) is 7.51. The first-order valence-electron chi connectivity index (χ1n) is 6.93. The maximum absolute atomic E-state index is 11.9. The van der Waals surface area contributed by atoms with Crippen LogP contribution < -0.4 is 4.72 Å². The quantitative estimate of drug-likeness (QED) is 0.726. The number of hydrogen-bond donors (Lipinski definition) is 1. The van der Waals surface area contributed by atoms with E-state index < -0.39 is 10.0 Å². The fourth-order valence-electron chi connectivity index (χ4n) is 2.67. The molecule has 0 bridgehead atoms. The van der Waals surface area contributed by atoms with Gasteiger partial charge in [-0.1, -0.05) is 13.8 Å². The normalized spacial score (nSPS) is 29.4. The molecule has 1 saturated carbocycles. The predicted molar refractivity (Wildman–Crippen MR) is 74.0 cm³/mol. The van der Waals surface area contributed by atoms with Gasteiger partial charge in [-0.05, 0) is 43.9 Å². The van der Waals surface area contributed by atoms with Gasteiger partial charge in [-0.3, -0.25) is 0 Å². The lowest BCUT2D eigenvalue weighted by Gasteiger charge is -2.32. The molecule has 1 N–H and O–H groups in total. The van der Waals surface area contributed by atoms with Crippen molar-refractivity contribution < 1.29 is 13.2 Å². The number of nitrogens with one attached hydrogen (secondary N) is 1. The molecule has 3 atom stereocenters. The van der Waals surface area contributed by atoms with Gasteiger partial charge >= 0.3 is 0 Å². The standard InChI is InChI=1S/C13H27NO3S/c1-11-6-7-13(12(2)10-11)14-18(15,16)9-5-4-8-17-3/h11-14H,4-10H2,1-3H3. The Bertz CT molecular complexity index is 329. The summed E-state index contributed by atoms with van der Waals surface area (Å²) in [6.07, 6.45) is 4.69. The molecule has 0 spiro atoms. The van der Waals surface area contributed by atoms with Gasteiger partial charge in [0.25, 0.3) is 0 Å². The van der Waals surface area contributed by atoms with Crippen molar-refractivity contribution in [1.82, 2.24) is 4.72 Å². The van der Waals surface area contributed by atoms with E-state index in [9.17, 15) is 8.42 Å². The van der Waals surface area contributed by atoms with Crippen molar-refractivity contribution >= 4 is 10.0 Å². The number of sulfonamides is 1. The minimum absolute atomic E-state index is 0.133. The number of hydrogen-bond acceptors (Lipinski definition) is 3. The molecule has 18 heavy (non-hydrogen) atoms. The minimum Gasteiger partial charge on any atom is -0.385 e. The van der Waals surface area contributed by atoms with Crippen LogP contribution in [0.3, 0.4) is 0 Å². The zero-order chi connectivity index (χ0) is 13.6. The van der Waals surface area contributed by atoms with Gasteiger partial charge in [0.2, 0.25) is 10.0 Å². The van der Waals surface area contributed by atoms with E-state index in [1.54, 1.807) is 7.11 Å². The summed E-state index contributed by atoms with van der Waals surface area (Å²) in [5, 5.41) is 0. The Morgan fingerprint density at radius 1 is 1.22 bits per heavy atom. The van der Waals surface area contributed by atoms with Crippen molar-refractivity contribution in [1.29, 1.82) is 0 Å². The third kappa shape index (κ3) is 5.67. The number of rotatable bonds is 7. The highest BCUT2D eigenvalue weighted by atomic mass is 32.2. The van der Waals surface area contributed by atoms with Crippen molar-refractivity contribution in [3.05, 3.63) is 0 Å². The van der Waals surface area contributed by atoms with Gasteiger partial charge in [0.15, 0.2) is 0 Å². The summed E-state index contributed by atoms with van der Waals surface area (Å²) in [7, 11) is -1.48. The summed E-state index contributed by atoms with van der Waals surface area (Å²) in [4.78, 5) is 0. The van der Waals surface area contributed by atoms with E-state index >= 15 is 0 Å². The highest BCUT2D eigenvalue weighted by Gasteiger charge is 2.28. The molecule has 1 fully saturated rings. The molecule has 0 aromatic rings. The van der Waals surface area contributed by atoms with Crippen LogP contribution in [0.1, 0.15) is 46.0 Å². The molecule has 0 saturated heterocycles. The van der Waals surface area contributed by atoms with Crippen molar-refractivity contribution in [2.24, 2.45) is 11.8 Å². The van der Waals surface area contributed by atoms with E-state index in [-0.39, 0.29) is 11.8 Å². The van der Waals surface area contributed by atoms with Crippen LogP contribution in [0.5, 0.6) is 0 Å². The number of methoxy groups -OCH3 is 1. The fraction of sp³-hybridized carbons (Fsp3) is 1.00. The second kappa shape index (κ2) is 7.46.